The minimum Gasteiger partial charge on any atom is -0.468 e. The smallest absolute Gasteiger partial charge is 0.322 e. The second kappa shape index (κ2) is 6.26. The predicted octanol–water partition coefficient (Wildman–Crippen LogP) is 1.50. The van der Waals surface area contributed by atoms with Crippen molar-refractivity contribution in [3.05, 3.63) is 0 Å². The lowest BCUT2D eigenvalue weighted by Crippen LogP contribution is -2.37. The second-order valence-corrected chi connectivity index (χ2v) is 2.54. The Kier molecular flexibility index (Phi) is 7.34. The highest BCUT2D eigenvalue weighted by Gasteiger charge is 2.32. The topological polar surface area (TPSA) is 52.3 Å². The number of carbonyl (C=O) groups is 1. The Morgan fingerprint density at radius 3 is 2.38 bits per heavy atom. The molecular formula is C7H14BrF2NO2. The zero-order valence-corrected chi connectivity index (χ0v) is 9.26. The van der Waals surface area contributed by atoms with Gasteiger partial charge in [0.2, 0.25) is 5.92 Å². The summed E-state index contributed by atoms with van der Waals surface area (Å²) >= 11 is 0. The quantitative estimate of drug-likeness (QED) is 0.781. The van der Waals surface area contributed by atoms with Gasteiger partial charge < -0.3 is 10.5 Å². The fourth-order valence-electron chi connectivity index (χ4n) is 0.701. The molecule has 3 nitrogen and oxygen atoms in total. The Labute approximate surface area is 86.4 Å². The first-order valence-electron chi connectivity index (χ1n) is 3.64. The third kappa shape index (κ3) is 5.93. The number of rotatable bonds is 4. The van der Waals surface area contributed by atoms with Gasteiger partial charge in [-0.25, -0.2) is 8.78 Å². The van der Waals surface area contributed by atoms with Crippen LogP contribution in [0.3, 0.4) is 0 Å². The number of ether oxygens (including phenoxy) is 1. The highest BCUT2D eigenvalue weighted by atomic mass is 79.9. The summed E-state index contributed by atoms with van der Waals surface area (Å²) in [6, 6.07) is -1.23. The zero-order valence-electron chi connectivity index (χ0n) is 7.55. The molecule has 13 heavy (non-hydrogen) atoms. The lowest BCUT2D eigenvalue weighted by molar-refractivity contribution is -0.144. The van der Waals surface area contributed by atoms with E-state index in [0.717, 1.165) is 7.11 Å². The van der Waals surface area contributed by atoms with Crippen molar-refractivity contribution in [1.29, 1.82) is 0 Å². The third-order valence-electron chi connectivity index (χ3n) is 1.54. The van der Waals surface area contributed by atoms with Crippen molar-refractivity contribution in [2.45, 2.75) is 31.7 Å². The minimum atomic E-state index is -2.88. The monoisotopic (exact) mass is 261 g/mol. The zero-order chi connectivity index (χ0) is 9.78. The average molecular weight is 262 g/mol. The van der Waals surface area contributed by atoms with Crippen molar-refractivity contribution in [3.63, 3.8) is 0 Å². The molecule has 0 spiro atoms. The molecule has 6 heteroatoms. The van der Waals surface area contributed by atoms with Gasteiger partial charge in [-0.15, -0.1) is 17.0 Å². The molecule has 1 atom stereocenters. The summed E-state index contributed by atoms with van der Waals surface area (Å²) in [5.41, 5.74) is 5.13. The lowest BCUT2D eigenvalue weighted by atomic mass is 10.1. The van der Waals surface area contributed by atoms with Gasteiger partial charge in [-0.05, 0) is 0 Å². The highest BCUT2D eigenvalue weighted by Crippen LogP contribution is 2.23. The van der Waals surface area contributed by atoms with Crippen molar-refractivity contribution in [3.8, 4) is 0 Å². The number of carbonyl (C=O) groups excluding carboxylic acids is 1. The van der Waals surface area contributed by atoms with Crippen molar-refractivity contribution in [2.24, 2.45) is 5.73 Å². The molecular weight excluding hydrogens is 248 g/mol. The summed E-state index contributed by atoms with van der Waals surface area (Å²) in [7, 11) is 1.12. The van der Waals surface area contributed by atoms with Gasteiger partial charge in [-0.2, -0.15) is 0 Å². The maximum Gasteiger partial charge on any atom is 0.322 e. The fourth-order valence-corrected chi connectivity index (χ4v) is 0.701. The first-order chi connectivity index (χ1) is 5.43. The van der Waals surface area contributed by atoms with Gasteiger partial charge in [0, 0.05) is 12.8 Å². The number of esters is 1. The molecule has 0 fully saturated rings. The van der Waals surface area contributed by atoms with E-state index in [2.05, 4.69) is 4.74 Å². The first kappa shape index (κ1) is 15.3. The van der Waals surface area contributed by atoms with Crippen LogP contribution in [-0.2, 0) is 9.53 Å². The second-order valence-electron chi connectivity index (χ2n) is 2.54. The summed E-state index contributed by atoms with van der Waals surface area (Å²) in [6.07, 6.45) is -0.978. The number of alkyl halides is 2. The van der Waals surface area contributed by atoms with Crippen molar-refractivity contribution >= 4 is 23.0 Å². The Morgan fingerprint density at radius 2 is 2.08 bits per heavy atom. The van der Waals surface area contributed by atoms with Gasteiger partial charge >= 0.3 is 5.97 Å². The van der Waals surface area contributed by atoms with Crippen molar-refractivity contribution in [2.75, 3.05) is 7.11 Å². The average Bonchev–Trinajstić information content (AvgIpc) is 2.02. The Bertz CT molecular complexity index is 167. The van der Waals surface area contributed by atoms with E-state index in [1.165, 1.54) is 6.92 Å². The van der Waals surface area contributed by atoms with Crippen LogP contribution in [0.5, 0.6) is 0 Å². The van der Waals surface area contributed by atoms with Gasteiger partial charge in [0.1, 0.15) is 6.04 Å². The molecule has 0 rings (SSSR count). The molecule has 80 valence electrons. The van der Waals surface area contributed by atoms with E-state index in [0.29, 0.717) is 0 Å². The number of methoxy groups -OCH3 is 1. The molecule has 0 amide bonds. The van der Waals surface area contributed by atoms with Crippen LogP contribution >= 0.6 is 17.0 Å². The SMILES string of the molecule is Br.CCC(F)(F)C[C@H](N)C(=O)OC. The molecule has 0 saturated carbocycles. The minimum absolute atomic E-state index is 0. The van der Waals surface area contributed by atoms with Crippen LogP contribution in [0.25, 0.3) is 0 Å². The van der Waals surface area contributed by atoms with E-state index in [1.807, 2.05) is 0 Å². The van der Waals surface area contributed by atoms with Crippen LogP contribution in [0.1, 0.15) is 19.8 Å². The number of nitrogens with two attached hydrogens (primary N) is 1. The van der Waals surface area contributed by atoms with Crippen LogP contribution < -0.4 is 5.73 Å². The molecule has 0 aromatic heterocycles. The van der Waals surface area contributed by atoms with E-state index < -0.39 is 24.4 Å². The summed E-state index contributed by atoms with van der Waals surface area (Å²) < 4.78 is 29.4. The van der Waals surface area contributed by atoms with E-state index in [4.69, 9.17) is 5.73 Å². The highest BCUT2D eigenvalue weighted by molar-refractivity contribution is 8.93. The van der Waals surface area contributed by atoms with Crippen LogP contribution in [0.15, 0.2) is 0 Å². The van der Waals surface area contributed by atoms with Crippen LogP contribution in [-0.4, -0.2) is 25.0 Å². The standard InChI is InChI=1S/C7H13F2NO2.BrH/c1-3-7(8,9)4-5(10)6(11)12-2;/h5H,3-4,10H2,1-2H3;1H/t5-;/m0./s1. The van der Waals surface area contributed by atoms with Gasteiger partial charge in [-0.3, -0.25) is 4.79 Å². The van der Waals surface area contributed by atoms with E-state index in [9.17, 15) is 13.6 Å². The molecule has 0 aromatic rings. The normalized spacial score (nSPS) is 13.0. The summed E-state index contributed by atoms with van der Waals surface area (Å²) in [5, 5.41) is 0. The molecule has 0 aliphatic carbocycles. The van der Waals surface area contributed by atoms with Crippen LogP contribution in [0.4, 0.5) is 8.78 Å². The van der Waals surface area contributed by atoms with E-state index in [-0.39, 0.29) is 23.4 Å². The van der Waals surface area contributed by atoms with Gasteiger partial charge in [0.15, 0.2) is 0 Å². The van der Waals surface area contributed by atoms with Crippen molar-refractivity contribution < 1.29 is 18.3 Å². The van der Waals surface area contributed by atoms with E-state index in [1.54, 1.807) is 0 Å². The van der Waals surface area contributed by atoms with Gasteiger partial charge in [-0.1, -0.05) is 6.92 Å². The Hall–Kier alpha value is -0.230. The summed E-state index contributed by atoms with van der Waals surface area (Å²) in [5.74, 6) is -3.68. The third-order valence-corrected chi connectivity index (χ3v) is 1.54. The summed E-state index contributed by atoms with van der Waals surface area (Å²) in [4.78, 5) is 10.6. The largest absolute Gasteiger partial charge is 0.468 e. The Morgan fingerprint density at radius 1 is 1.62 bits per heavy atom. The van der Waals surface area contributed by atoms with Crippen LogP contribution in [0, 0.1) is 0 Å². The fraction of sp³-hybridized carbons (Fsp3) is 0.857. The van der Waals surface area contributed by atoms with Gasteiger partial charge in [0.05, 0.1) is 7.11 Å². The molecule has 2 N–H and O–H groups in total. The Balaban J connectivity index is 0. The molecule has 0 aliphatic rings. The van der Waals surface area contributed by atoms with Crippen LogP contribution in [0.2, 0.25) is 0 Å². The molecule has 0 heterocycles. The molecule has 0 radical (unpaired) electrons. The first-order valence-corrected chi connectivity index (χ1v) is 3.64. The maximum absolute atomic E-state index is 12.6. The van der Waals surface area contributed by atoms with Crippen molar-refractivity contribution in [1.82, 2.24) is 0 Å². The molecule has 0 saturated heterocycles. The maximum atomic E-state index is 12.6. The van der Waals surface area contributed by atoms with E-state index >= 15 is 0 Å². The summed E-state index contributed by atoms with van der Waals surface area (Å²) in [6.45, 7) is 1.34. The molecule has 0 bridgehead atoms. The predicted molar refractivity (Wildman–Crippen MR) is 50.2 cm³/mol. The number of hydrogen-bond acceptors (Lipinski definition) is 3. The lowest BCUT2D eigenvalue weighted by Gasteiger charge is -2.17. The number of halogens is 3. The van der Waals surface area contributed by atoms with Gasteiger partial charge in [0.25, 0.3) is 0 Å². The molecule has 0 unspecified atom stereocenters. The number of hydrogen-bond donors (Lipinski definition) is 1. The molecule has 0 aliphatic heterocycles. The molecule has 0 aromatic carbocycles.